The second-order valence-electron chi connectivity index (χ2n) is 5.60. The van der Waals surface area contributed by atoms with E-state index in [0.29, 0.717) is 11.1 Å². The summed E-state index contributed by atoms with van der Waals surface area (Å²) in [5, 5.41) is 24.5. The Labute approximate surface area is 123 Å². The maximum atomic E-state index is 11.4. The molecule has 1 aromatic carbocycles. The van der Waals surface area contributed by atoms with Gasteiger partial charge >= 0.3 is 0 Å². The zero-order valence-corrected chi connectivity index (χ0v) is 12.6. The number of H-pyrrole nitrogens is 1. The third-order valence-corrected chi connectivity index (χ3v) is 3.54. The van der Waals surface area contributed by atoms with E-state index in [1.807, 2.05) is 20.8 Å². The first-order valence-electron chi connectivity index (χ1n) is 7.22. The first-order valence-corrected chi connectivity index (χ1v) is 7.22. The van der Waals surface area contributed by atoms with Gasteiger partial charge in [0.2, 0.25) is 5.56 Å². The summed E-state index contributed by atoms with van der Waals surface area (Å²) in [4.78, 5) is 14.1. The SMILES string of the molecule is CCC(NC(C)C)C(O)c1cc(O)cc2[nH]c(=O)ccc12. The highest BCUT2D eigenvalue weighted by Crippen LogP contribution is 2.30. The number of fused-ring (bicyclic) bond motifs is 1. The topological polar surface area (TPSA) is 85.3 Å². The van der Waals surface area contributed by atoms with Crippen LogP contribution in [0.3, 0.4) is 0 Å². The number of nitrogens with one attached hydrogen (secondary N) is 2. The Hall–Kier alpha value is -1.85. The van der Waals surface area contributed by atoms with Crippen LogP contribution in [0.25, 0.3) is 10.9 Å². The molecule has 0 bridgehead atoms. The van der Waals surface area contributed by atoms with Crippen LogP contribution in [0.15, 0.2) is 29.1 Å². The smallest absolute Gasteiger partial charge is 0.248 e. The molecule has 21 heavy (non-hydrogen) atoms. The van der Waals surface area contributed by atoms with Crippen molar-refractivity contribution in [3.8, 4) is 5.75 Å². The Morgan fingerprint density at radius 2 is 2.00 bits per heavy atom. The van der Waals surface area contributed by atoms with E-state index in [9.17, 15) is 15.0 Å². The van der Waals surface area contributed by atoms with Crippen LogP contribution in [0.1, 0.15) is 38.9 Å². The molecule has 0 saturated heterocycles. The maximum Gasteiger partial charge on any atom is 0.248 e. The highest BCUT2D eigenvalue weighted by Gasteiger charge is 2.22. The molecule has 0 spiro atoms. The molecule has 0 aliphatic carbocycles. The van der Waals surface area contributed by atoms with Crippen molar-refractivity contribution in [1.82, 2.24) is 10.3 Å². The summed E-state index contributed by atoms with van der Waals surface area (Å²) in [5.74, 6) is 0.0257. The van der Waals surface area contributed by atoms with Crippen molar-refractivity contribution in [2.24, 2.45) is 0 Å². The van der Waals surface area contributed by atoms with Gasteiger partial charge in [0.15, 0.2) is 0 Å². The quantitative estimate of drug-likeness (QED) is 0.679. The summed E-state index contributed by atoms with van der Waals surface area (Å²) in [6.45, 7) is 6.04. The molecule has 0 radical (unpaired) electrons. The molecule has 0 saturated carbocycles. The van der Waals surface area contributed by atoms with Gasteiger partial charge < -0.3 is 20.5 Å². The van der Waals surface area contributed by atoms with Crippen LogP contribution in [-0.4, -0.2) is 27.3 Å². The minimum absolute atomic E-state index is 0.0257. The fourth-order valence-corrected chi connectivity index (χ4v) is 2.60. The Morgan fingerprint density at radius 3 is 2.62 bits per heavy atom. The lowest BCUT2D eigenvalue weighted by Crippen LogP contribution is -2.39. The molecule has 1 heterocycles. The van der Waals surface area contributed by atoms with Crippen molar-refractivity contribution in [3.63, 3.8) is 0 Å². The second kappa shape index (κ2) is 6.28. The molecular weight excluding hydrogens is 268 g/mol. The molecule has 4 N–H and O–H groups in total. The number of aromatic nitrogens is 1. The number of aromatic hydroxyl groups is 1. The minimum atomic E-state index is -0.766. The van der Waals surface area contributed by atoms with Gasteiger partial charge in [-0.15, -0.1) is 0 Å². The van der Waals surface area contributed by atoms with E-state index in [-0.39, 0.29) is 23.4 Å². The number of benzene rings is 1. The van der Waals surface area contributed by atoms with Crippen molar-refractivity contribution >= 4 is 10.9 Å². The van der Waals surface area contributed by atoms with Gasteiger partial charge in [0.1, 0.15) is 5.75 Å². The molecule has 2 rings (SSSR count). The molecule has 0 aliphatic rings. The van der Waals surface area contributed by atoms with E-state index >= 15 is 0 Å². The third kappa shape index (κ3) is 3.43. The van der Waals surface area contributed by atoms with Crippen LogP contribution in [0.5, 0.6) is 5.75 Å². The van der Waals surface area contributed by atoms with Gasteiger partial charge in [0.05, 0.1) is 11.6 Å². The molecule has 0 aliphatic heterocycles. The molecule has 2 aromatic rings. The molecule has 0 fully saturated rings. The average Bonchev–Trinajstić information content (AvgIpc) is 2.42. The first kappa shape index (κ1) is 15.5. The zero-order chi connectivity index (χ0) is 15.6. The van der Waals surface area contributed by atoms with Crippen LogP contribution in [0.2, 0.25) is 0 Å². The average molecular weight is 290 g/mol. The van der Waals surface area contributed by atoms with Gasteiger partial charge in [-0.2, -0.15) is 0 Å². The van der Waals surface area contributed by atoms with Gasteiger partial charge in [-0.05, 0) is 24.1 Å². The van der Waals surface area contributed by atoms with Crippen molar-refractivity contribution in [2.45, 2.75) is 45.4 Å². The van der Waals surface area contributed by atoms with E-state index in [1.54, 1.807) is 12.1 Å². The number of aliphatic hydroxyl groups excluding tert-OH is 1. The number of hydrogen-bond acceptors (Lipinski definition) is 4. The summed E-state index contributed by atoms with van der Waals surface area (Å²) in [6, 6.07) is 6.26. The molecular formula is C16H22N2O3. The van der Waals surface area contributed by atoms with E-state index in [0.717, 1.165) is 11.8 Å². The van der Waals surface area contributed by atoms with Crippen molar-refractivity contribution in [2.75, 3.05) is 0 Å². The monoisotopic (exact) mass is 290 g/mol. The third-order valence-electron chi connectivity index (χ3n) is 3.54. The summed E-state index contributed by atoms with van der Waals surface area (Å²) in [6.07, 6.45) is -0.0160. The van der Waals surface area contributed by atoms with Crippen LogP contribution in [0.4, 0.5) is 0 Å². The fourth-order valence-electron chi connectivity index (χ4n) is 2.60. The Bertz CT molecular complexity index is 679. The van der Waals surface area contributed by atoms with Crippen LogP contribution in [-0.2, 0) is 0 Å². The fraction of sp³-hybridized carbons (Fsp3) is 0.438. The number of aliphatic hydroxyl groups is 1. The molecule has 2 unspecified atom stereocenters. The lowest BCUT2D eigenvalue weighted by molar-refractivity contribution is 0.122. The molecule has 5 nitrogen and oxygen atoms in total. The van der Waals surface area contributed by atoms with E-state index < -0.39 is 6.10 Å². The lowest BCUT2D eigenvalue weighted by atomic mass is 9.95. The number of phenols is 1. The predicted molar refractivity (Wildman–Crippen MR) is 83.5 cm³/mol. The number of phenolic OH excluding ortho intramolecular Hbond substituents is 1. The van der Waals surface area contributed by atoms with Gasteiger partial charge in [-0.3, -0.25) is 4.79 Å². The zero-order valence-electron chi connectivity index (χ0n) is 12.6. The summed E-state index contributed by atoms with van der Waals surface area (Å²) < 4.78 is 0. The summed E-state index contributed by atoms with van der Waals surface area (Å²) in [5.41, 5.74) is 0.901. The number of hydrogen-bond donors (Lipinski definition) is 4. The lowest BCUT2D eigenvalue weighted by Gasteiger charge is -2.26. The predicted octanol–water partition coefficient (Wildman–Crippen LogP) is 2.04. The van der Waals surface area contributed by atoms with E-state index in [2.05, 4.69) is 10.3 Å². The van der Waals surface area contributed by atoms with Crippen molar-refractivity contribution in [1.29, 1.82) is 0 Å². The van der Waals surface area contributed by atoms with E-state index in [1.165, 1.54) is 12.1 Å². The Kier molecular flexibility index (Phi) is 4.65. The Morgan fingerprint density at radius 1 is 1.29 bits per heavy atom. The first-order chi connectivity index (χ1) is 9.92. The molecule has 2 atom stereocenters. The second-order valence-corrected chi connectivity index (χ2v) is 5.60. The van der Waals surface area contributed by atoms with E-state index in [4.69, 9.17) is 0 Å². The largest absolute Gasteiger partial charge is 0.508 e. The summed E-state index contributed by atoms with van der Waals surface area (Å²) in [7, 11) is 0. The van der Waals surface area contributed by atoms with Gasteiger partial charge in [0.25, 0.3) is 0 Å². The highest BCUT2D eigenvalue weighted by atomic mass is 16.3. The number of aromatic amines is 1. The highest BCUT2D eigenvalue weighted by molar-refractivity contribution is 5.84. The standard InChI is InChI=1S/C16H22N2O3/c1-4-13(17-9(2)3)16(21)12-7-10(19)8-14-11(12)5-6-15(20)18-14/h5-9,13,16-17,19,21H,4H2,1-3H3,(H,18,20). The van der Waals surface area contributed by atoms with Gasteiger partial charge in [-0.25, -0.2) is 0 Å². The van der Waals surface area contributed by atoms with Gasteiger partial charge in [-0.1, -0.05) is 20.8 Å². The maximum absolute atomic E-state index is 11.4. The van der Waals surface area contributed by atoms with Gasteiger partial charge in [0, 0.05) is 29.6 Å². The number of rotatable bonds is 5. The normalized spacial score (nSPS) is 14.5. The van der Waals surface area contributed by atoms with Crippen LogP contribution in [0, 0.1) is 0 Å². The minimum Gasteiger partial charge on any atom is -0.508 e. The van der Waals surface area contributed by atoms with Crippen molar-refractivity contribution < 1.29 is 10.2 Å². The molecule has 5 heteroatoms. The van der Waals surface area contributed by atoms with Crippen molar-refractivity contribution in [3.05, 3.63) is 40.2 Å². The molecule has 114 valence electrons. The Balaban J connectivity index is 2.51. The molecule has 0 amide bonds. The molecule has 1 aromatic heterocycles. The van der Waals surface area contributed by atoms with Crippen LogP contribution < -0.4 is 10.9 Å². The number of pyridine rings is 1. The van der Waals surface area contributed by atoms with Crippen LogP contribution >= 0.6 is 0 Å². The summed E-state index contributed by atoms with van der Waals surface area (Å²) >= 11 is 0.